The van der Waals surface area contributed by atoms with E-state index >= 15 is 0 Å². The van der Waals surface area contributed by atoms with Crippen LogP contribution in [0.15, 0.2) is 12.1 Å². The van der Waals surface area contributed by atoms with Crippen LogP contribution in [0.5, 0.6) is 11.5 Å². The first-order chi connectivity index (χ1) is 4.61. The second-order valence-corrected chi connectivity index (χ2v) is 2.16. The quantitative estimate of drug-likeness (QED) is 0.572. The highest BCUT2D eigenvalue weighted by molar-refractivity contribution is 6.32. The first-order valence-corrected chi connectivity index (χ1v) is 2.86. The zero-order valence-corrected chi connectivity index (χ0v) is 5.56. The van der Waals surface area contributed by atoms with Gasteiger partial charge in [0.2, 0.25) is 0 Å². The standard InChI is InChI=1S/C6H4ClFO2/c7-3-1-6(10)4(8)2-5(3)9/h1-2,9-10H. The van der Waals surface area contributed by atoms with Crippen LogP contribution >= 0.6 is 11.6 Å². The van der Waals surface area contributed by atoms with Crippen LogP contribution in [0.4, 0.5) is 4.39 Å². The van der Waals surface area contributed by atoms with Gasteiger partial charge in [-0.15, -0.1) is 0 Å². The monoisotopic (exact) mass is 162 g/mol. The highest BCUT2D eigenvalue weighted by atomic mass is 35.5. The molecule has 0 unspecified atom stereocenters. The fourth-order valence-corrected chi connectivity index (χ4v) is 0.684. The van der Waals surface area contributed by atoms with Crippen LogP contribution in [0.25, 0.3) is 0 Å². The van der Waals surface area contributed by atoms with Gasteiger partial charge in [0, 0.05) is 12.1 Å². The van der Waals surface area contributed by atoms with Gasteiger partial charge in [0.05, 0.1) is 5.02 Å². The maximum absolute atomic E-state index is 12.3. The van der Waals surface area contributed by atoms with Crippen molar-refractivity contribution in [2.75, 3.05) is 0 Å². The molecule has 0 fully saturated rings. The minimum Gasteiger partial charge on any atom is -0.506 e. The topological polar surface area (TPSA) is 40.5 Å². The molecule has 2 N–H and O–H groups in total. The highest BCUT2D eigenvalue weighted by Crippen LogP contribution is 2.29. The zero-order chi connectivity index (χ0) is 7.72. The van der Waals surface area contributed by atoms with Gasteiger partial charge in [-0.3, -0.25) is 0 Å². The van der Waals surface area contributed by atoms with Gasteiger partial charge in [-0.05, 0) is 0 Å². The minimum absolute atomic E-state index is 0.0705. The van der Waals surface area contributed by atoms with Crippen LogP contribution < -0.4 is 0 Å². The normalized spacial score (nSPS) is 9.80. The summed E-state index contributed by atoms with van der Waals surface area (Å²) in [6.45, 7) is 0. The lowest BCUT2D eigenvalue weighted by atomic mass is 10.3. The van der Waals surface area contributed by atoms with Crippen LogP contribution in [0, 0.1) is 5.82 Å². The predicted molar refractivity (Wildman–Crippen MR) is 34.7 cm³/mol. The van der Waals surface area contributed by atoms with Crippen molar-refractivity contribution in [1.82, 2.24) is 0 Å². The first kappa shape index (κ1) is 7.15. The van der Waals surface area contributed by atoms with Crippen LogP contribution in [0.1, 0.15) is 0 Å². The van der Waals surface area contributed by atoms with Crippen molar-refractivity contribution in [3.63, 3.8) is 0 Å². The Morgan fingerprint density at radius 1 is 1.20 bits per heavy atom. The number of benzene rings is 1. The van der Waals surface area contributed by atoms with Gasteiger partial charge < -0.3 is 10.2 Å². The molecular formula is C6H4ClFO2. The van der Waals surface area contributed by atoms with E-state index in [4.69, 9.17) is 21.8 Å². The van der Waals surface area contributed by atoms with E-state index in [0.717, 1.165) is 12.1 Å². The fourth-order valence-electron chi connectivity index (χ4n) is 0.526. The molecule has 0 saturated carbocycles. The summed E-state index contributed by atoms with van der Waals surface area (Å²) < 4.78 is 12.3. The van der Waals surface area contributed by atoms with Gasteiger partial charge >= 0.3 is 0 Å². The van der Waals surface area contributed by atoms with Crippen LogP contribution in [0.2, 0.25) is 5.02 Å². The Bertz CT molecular complexity index is 212. The summed E-state index contributed by atoms with van der Waals surface area (Å²) in [5.41, 5.74) is 0. The summed E-state index contributed by atoms with van der Waals surface area (Å²) in [7, 11) is 0. The molecule has 1 rings (SSSR count). The third-order valence-electron chi connectivity index (χ3n) is 1.02. The van der Waals surface area contributed by atoms with E-state index in [0.29, 0.717) is 0 Å². The molecular weight excluding hydrogens is 159 g/mol. The van der Waals surface area contributed by atoms with E-state index in [9.17, 15) is 4.39 Å². The Balaban J connectivity index is 3.28. The number of hydrogen-bond acceptors (Lipinski definition) is 2. The molecule has 2 nitrogen and oxygen atoms in total. The molecule has 54 valence electrons. The molecule has 10 heavy (non-hydrogen) atoms. The smallest absolute Gasteiger partial charge is 0.168 e. The van der Waals surface area contributed by atoms with Gasteiger partial charge in [-0.1, -0.05) is 11.6 Å². The number of rotatable bonds is 0. The summed E-state index contributed by atoms with van der Waals surface area (Å²) in [6.07, 6.45) is 0. The number of phenolic OH excluding ortho intramolecular Hbond substituents is 2. The van der Waals surface area contributed by atoms with Crippen molar-refractivity contribution in [2.24, 2.45) is 0 Å². The Morgan fingerprint density at radius 2 is 1.80 bits per heavy atom. The Labute approximate surface area is 61.5 Å². The van der Waals surface area contributed by atoms with Gasteiger partial charge in [-0.2, -0.15) is 0 Å². The molecule has 0 aliphatic rings. The van der Waals surface area contributed by atoms with Gasteiger partial charge in [0.25, 0.3) is 0 Å². The molecule has 0 saturated heterocycles. The van der Waals surface area contributed by atoms with Crippen LogP contribution in [-0.2, 0) is 0 Å². The molecule has 1 aromatic carbocycles. The summed E-state index contributed by atoms with van der Waals surface area (Å²) in [6, 6.07) is 1.68. The van der Waals surface area contributed by atoms with Crippen molar-refractivity contribution < 1.29 is 14.6 Å². The number of phenols is 2. The minimum atomic E-state index is -0.887. The van der Waals surface area contributed by atoms with Crippen molar-refractivity contribution in [3.8, 4) is 11.5 Å². The molecule has 0 heterocycles. The van der Waals surface area contributed by atoms with E-state index in [1.165, 1.54) is 0 Å². The van der Waals surface area contributed by atoms with Crippen molar-refractivity contribution in [3.05, 3.63) is 23.0 Å². The van der Waals surface area contributed by atoms with Gasteiger partial charge in [0.15, 0.2) is 11.6 Å². The van der Waals surface area contributed by atoms with Crippen LogP contribution in [0.3, 0.4) is 0 Å². The molecule has 0 aromatic heterocycles. The first-order valence-electron chi connectivity index (χ1n) is 2.48. The van der Waals surface area contributed by atoms with E-state index in [1.54, 1.807) is 0 Å². The molecule has 4 heteroatoms. The molecule has 1 aromatic rings. The Hall–Kier alpha value is -0.960. The van der Waals surface area contributed by atoms with E-state index in [1.807, 2.05) is 0 Å². The average Bonchev–Trinajstić information content (AvgIpc) is 1.84. The Morgan fingerprint density at radius 3 is 2.30 bits per heavy atom. The van der Waals surface area contributed by atoms with Crippen molar-refractivity contribution in [2.45, 2.75) is 0 Å². The highest BCUT2D eigenvalue weighted by Gasteiger charge is 2.04. The maximum Gasteiger partial charge on any atom is 0.168 e. The van der Waals surface area contributed by atoms with E-state index in [2.05, 4.69) is 0 Å². The summed E-state index contributed by atoms with van der Waals surface area (Å²) in [4.78, 5) is 0. The third kappa shape index (κ3) is 1.14. The number of aromatic hydroxyl groups is 2. The number of halogens is 2. The maximum atomic E-state index is 12.3. The molecule has 0 aliphatic carbocycles. The lowest BCUT2D eigenvalue weighted by molar-refractivity contribution is 0.421. The second-order valence-electron chi connectivity index (χ2n) is 1.76. The predicted octanol–water partition coefficient (Wildman–Crippen LogP) is 1.89. The van der Waals surface area contributed by atoms with Crippen molar-refractivity contribution >= 4 is 11.6 Å². The largest absolute Gasteiger partial charge is 0.506 e. The van der Waals surface area contributed by atoms with E-state index in [-0.39, 0.29) is 10.8 Å². The molecule has 0 amide bonds. The summed E-state index contributed by atoms with van der Waals surface area (Å²) in [5, 5.41) is 17.3. The van der Waals surface area contributed by atoms with E-state index < -0.39 is 11.6 Å². The third-order valence-corrected chi connectivity index (χ3v) is 1.32. The SMILES string of the molecule is Oc1cc(Cl)c(O)cc1F. The molecule has 0 radical (unpaired) electrons. The second kappa shape index (κ2) is 2.34. The summed E-state index contributed by atoms with van der Waals surface area (Å²) >= 11 is 5.31. The zero-order valence-electron chi connectivity index (χ0n) is 4.81. The molecule has 0 bridgehead atoms. The summed E-state index contributed by atoms with van der Waals surface area (Å²) in [5.74, 6) is -1.83. The van der Waals surface area contributed by atoms with Crippen molar-refractivity contribution in [1.29, 1.82) is 0 Å². The molecule has 0 aliphatic heterocycles. The van der Waals surface area contributed by atoms with Gasteiger partial charge in [-0.25, -0.2) is 4.39 Å². The average molecular weight is 163 g/mol. The Kier molecular flexibility index (Phi) is 1.68. The lowest BCUT2D eigenvalue weighted by Crippen LogP contribution is -1.75. The number of hydrogen-bond donors (Lipinski definition) is 2. The van der Waals surface area contributed by atoms with Crippen LogP contribution in [-0.4, -0.2) is 10.2 Å². The van der Waals surface area contributed by atoms with Gasteiger partial charge in [0.1, 0.15) is 5.75 Å². The molecule has 0 atom stereocenters. The lowest BCUT2D eigenvalue weighted by Gasteiger charge is -1.97. The fraction of sp³-hybridized carbons (Fsp3) is 0. The molecule has 0 spiro atoms.